The first-order valence-corrected chi connectivity index (χ1v) is 4.93. The number of hydrogen-bond acceptors (Lipinski definition) is 3. The highest BCUT2D eigenvalue weighted by Crippen LogP contribution is 2.24. The quantitative estimate of drug-likeness (QED) is 0.572. The molecule has 5 nitrogen and oxygen atoms in total. The van der Waals surface area contributed by atoms with Gasteiger partial charge in [-0.3, -0.25) is 0 Å². The van der Waals surface area contributed by atoms with E-state index in [0.29, 0.717) is 11.5 Å². The van der Waals surface area contributed by atoms with E-state index in [2.05, 4.69) is 10.1 Å². The molecule has 16 heavy (non-hydrogen) atoms. The summed E-state index contributed by atoms with van der Waals surface area (Å²) >= 11 is 0. The van der Waals surface area contributed by atoms with Crippen molar-refractivity contribution >= 4 is 17.2 Å². The Kier molecular flexibility index (Phi) is 1.67. The number of nitrogens with two attached hydrogens (primary N) is 2. The molecule has 3 aromatic rings. The zero-order chi connectivity index (χ0) is 11.1. The predicted octanol–water partition coefficient (Wildman–Crippen LogP) is 1.49. The maximum absolute atomic E-state index is 5.79. The third kappa shape index (κ3) is 1.15. The van der Waals surface area contributed by atoms with Gasteiger partial charge in [0.25, 0.3) is 0 Å². The Morgan fingerprint density at radius 3 is 2.56 bits per heavy atom. The highest BCUT2D eigenvalue weighted by molar-refractivity contribution is 5.78. The van der Waals surface area contributed by atoms with Gasteiger partial charge in [0, 0.05) is 0 Å². The molecule has 80 valence electrons. The second-order valence-corrected chi connectivity index (χ2v) is 3.63. The van der Waals surface area contributed by atoms with Crippen molar-refractivity contribution < 1.29 is 0 Å². The van der Waals surface area contributed by atoms with E-state index in [0.717, 1.165) is 16.9 Å². The Balaban J connectivity index is 2.20. The summed E-state index contributed by atoms with van der Waals surface area (Å²) in [5, 5.41) is 4.10. The molecule has 0 saturated carbocycles. The van der Waals surface area contributed by atoms with E-state index in [4.69, 9.17) is 11.5 Å². The highest BCUT2D eigenvalue weighted by Gasteiger charge is 2.10. The number of imidazole rings is 1. The summed E-state index contributed by atoms with van der Waals surface area (Å²) < 4.78 is 1.66. The van der Waals surface area contributed by atoms with Crippen LogP contribution < -0.4 is 11.5 Å². The molecule has 0 fully saturated rings. The largest absolute Gasteiger partial charge is 0.393 e. The number of benzene rings is 1. The van der Waals surface area contributed by atoms with E-state index in [1.165, 1.54) is 0 Å². The molecule has 3 rings (SSSR count). The zero-order valence-electron chi connectivity index (χ0n) is 8.51. The lowest BCUT2D eigenvalue weighted by atomic mass is 10.2. The fourth-order valence-electron chi connectivity index (χ4n) is 1.73. The number of nitrogen functional groups attached to an aromatic ring is 2. The van der Waals surface area contributed by atoms with Crippen molar-refractivity contribution in [1.82, 2.24) is 14.6 Å². The predicted molar refractivity (Wildman–Crippen MR) is 63.8 cm³/mol. The van der Waals surface area contributed by atoms with Gasteiger partial charge in [0.15, 0.2) is 11.5 Å². The molecule has 0 aliphatic carbocycles. The van der Waals surface area contributed by atoms with Crippen molar-refractivity contribution in [2.24, 2.45) is 0 Å². The minimum absolute atomic E-state index is 0.353. The smallest absolute Gasteiger partial charge is 0.171 e. The van der Waals surface area contributed by atoms with E-state index in [1.807, 2.05) is 36.5 Å². The van der Waals surface area contributed by atoms with Crippen LogP contribution in [0.3, 0.4) is 0 Å². The Hall–Kier alpha value is -2.43. The average molecular weight is 213 g/mol. The van der Waals surface area contributed by atoms with Crippen molar-refractivity contribution in [3.8, 4) is 11.3 Å². The number of aromatic amines is 1. The molecule has 1 aromatic carbocycles. The number of fused-ring (bicyclic) bond motifs is 1. The van der Waals surface area contributed by atoms with Gasteiger partial charge >= 0.3 is 0 Å². The van der Waals surface area contributed by atoms with Crippen LogP contribution in [-0.4, -0.2) is 14.6 Å². The lowest BCUT2D eigenvalue weighted by molar-refractivity contribution is 0.981. The van der Waals surface area contributed by atoms with Crippen LogP contribution in [0.4, 0.5) is 11.5 Å². The van der Waals surface area contributed by atoms with Crippen LogP contribution in [0.25, 0.3) is 16.9 Å². The van der Waals surface area contributed by atoms with E-state index in [-0.39, 0.29) is 0 Å². The molecule has 0 spiro atoms. The molecule has 0 unspecified atom stereocenters. The van der Waals surface area contributed by atoms with Gasteiger partial charge in [0.1, 0.15) is 5.69 Å². The first-order chi connectivity index (χ1) is 7.75. The summed E-state index contributed by atoms with van der Waals surface area (Å²) in [5.74, 6) is 0.353. The Morgan fingerprint density at radius 1 is 1.12 bits per heavy atom. The van der Waals surface area contributed by atoms with Crippen LogP contribution in [0.15, 0.2) is 36.5 Å². The lowest BCUT2D eigenvalue weighted by Crippen LogP contribution is -1.92. The number of nitrogens with one attached hydrogen (secondary N) is 1. The molecule has 0 radical (unpaired) electrons. The summed E-state index contributed by atoms with van der Waals surface area (Å²) in [6, 6.07) is 9.98. The Morgan fingerprint density at radius 2 is 1.88 bits per heavy atom. The molecule has 0 saturated heterocycles. The van der Waals surface area contributed by atoms with E-state index in [9.17, 15) is 0 Å². The molecule has 0 atom stereocenters. The van der Waals surface area contributed by atoms with E-state index < -0.39 is 0 Å². The second kappa shape index (κ2) is 3.03. The molecular formula is C11H11N5. The molecule has 2 heterocycles. The molecule has 5 N–H and O–H groups in total. The highest BCUT2D eigenvalue weighted by atomic mass is 15.3. The van der Waals surface area contributed by atoms with Crippen LogP contribution in [0.5, 0.6) is 0 Å². The van der Waals surface area contributed by atoms with Crippen LogP contribution >= 0.6 is 0 Å². The first kappa shape index (κ1) is 8.84. The Labute approximate surface area is 91.7 Å². The summed E-state index contributed by atoms with van der Waals surface area (Å²) in [6.07, 6.45) is 1.87. The SMILES string of the molecule is Nc1nn2cc(-c3ccccc3)[nH]c2c1N. The van der Waals surface area contributed by atoms with Gasteiger partial charge in [0.05, 0.1) is 11.9 Å². The number of rotatable bonds is 1. The minimum atomic E-state index is 0.353. The normalized spacial score (nSPS) is 11.0. The fraction of sp³-hybridized carbons (Fsp3) is 0. The van der Waals surface area contributed by atoms with Crippen molar-refractivity contribution in [2.75, 3.05) is 11.5 Å². The number of aromatic nitrogens is 3. The van der Waals surface area contributed by atoms with Crippen LogP contribution in [0, 0.1) is 0 Å². The van der Waals surface area contributed by atoms with Crippen LogP contribution in [-0.2, 0) is 0 Å². The van der Waals surface area contributed by atoms with E-state index >= 15 is 0 Å². The number of hydrogen-bond donors (Lipinski definition) is 3. The summed E-state index contributed by atoms with van der Waals surface area (Å²) in [7, 11) is 0. The molecule has 0 amide bonds. The fourth-order valence-corrected chi connectivity index (χ4v) is 1.73. The molecule has 0 bridgehead atoms. The molecule has 5 heteroatoms. The standard InChI is InChI=1S/C11H11N5/c12-9-10(13)15-16-6-8(14-11(9)16)7-4-2-1-3-5-7/h1-6,14H,12H2,(H2,13,15). The first-order valence-electron chi connectivity index (χ1n) is 4.93. The maximum Gasteiger partial charge on any atom is 0.171 e. The number of nitrogens with zero attached hydrogens (tertiary/aromatic N) is 2. The minimum Gasteiger partial charge on any atom is -0.393 e. The van der Waals surface area contributed by atoms with Crippen molar-refractivity contribution in [1.29, 1.82) is 0 Å². The zero-order valence-corrected chi connectivity index (χ0v) is 8.51. The Bertz CT molecular complexity index is 635. The van der Waals surface area contributed by atoms with Crippen LogP contribution in [0.2, 0.25) is 0 Å². The molecular weight excluding hydrogens is 202 g/mol. The van der Waals surface area contributed by atoms with Gasteiger partial charge in [0.2, 0.25) is 0 Å². The number of anilines is 2. The van der Waals surface area contributed by atoms with Gasteiger partial charge in [-0.2, -0.15) is 0 Å². The molecule has 2 aromatic heterocycles. The summed E-state index contributed by atoms with van der Waals surface area (Å²) in [5.41, 5.74) is 14.7. The van der Waals surface area contributed by atoms with Crippen molar-refractivity contribution in [2.45, 2.75) is 0 Å². The third-order valence-corrected chi connectivity index (χ3v) is 2.56. The topological polar surface area (TPSA) is 85.1 Å². The maximum atomic E-state index is 5.79. The van der Waals surface area contributed by atoms with Gasteiger partial charge in [-0.25, -0.2) is 4.52 Å². The van der Waals surface area contributed by atoms with Crippen molar-refractivity contribution in [3.63, 3.8) is 0 Å². The molecule has 0 aliphatic heterocycles. The monoisotopic (exact) mass is 213 g/mol. The summed E-state index contributed by atoms with van der Waals surface area (Å²) in [6.45, 7) is 0. The number of H-pyrrole nitrogens is 1. The lowest BCUT2D eigenvalue weighted by Gasteiger charge is -1.95. The second-order valence-electron chi connectivity index (χ2n) is 3.63. The van der Waals surface area contributed by atoms with Gasteiger partial charge in [-0.1, -0.05) is 30.3 Å². The van der Waals surface area contributed by atoms with Crippen molar-refractivity contribution in [3.05, 3.63) is 36.5 Å². The van der Waals surface area contributed by atoms with Crippen LogP contribution in [0.1, 0.15) is 0 Å². The van der Waals surface area contributed by atoms with E-state index in [1.54, 1.807) is 4.52 Å². The average Bonchev–Trinajstić information content (AvgIpc) is 2.82. The summed E-state index contributed by atoms with van der Waals surface area (Å²) in [4.78, 5) is 3.20. The molecule has 0 aliphatic rings. The van der Waals surface area contributed by atoms with Gasteiger partial charge in [-0.15, -0.1) is 5.10 Å². The van der Waals surface area contributed by atoms with Gasteiger partial charge in [-0.05, 0) is 5.56 Å². The van der Waals surface area contributed by atoms with Gasteiger partial charge < -0.3 is 16.5 Å². The third-order valence-electron chi connectivity index (χ3n) is 2.56.